The van der Waals surface area contributed by atoms with Gasteiger partial charge >= 0.3 is 6.18 Å². The van der Waals surface area contributed by atoms with E-state index in [2.05, 4.69) is 5.32 Å². The first-order valence-electron chi connectivity index (χ1n) is 6.28. The summed E-state index contributed by atoms with van der Waals surface area (Å²) in [5.41, 5.74) is -0.361. The third-order valence-corrected chi connectivity index (χ3v) is 3.59. The van der Waals surface area contributed by atoms with Crippen LogP contribution < -0.4 is 14.8 Å². The maximum absolute atomic E-state index is 13.2. The number of piperidine rings is 1. The Balaban J connectivity index is 2.10. The molecule has 0 radical (unpaired) electrons. The van der Waals surface area contributed by atoms with Gasteiger partial charge in [-0.2, -0.15) is 13.2 Å². The molecule has 1 atom stereocenters. The number of benzene rings is 1. The first kappa shape index (κ1) is 12.6. The van der Waals surface area contributed by atoms with Gasteiger partial charge in [0.1, 0.15) is 0 Å². The molecule has 1 fully saturated rings. The lowest BCUT2D eigenvalue weighted by molar-refractivity contribution is -0.138. The standard InChI is InChI=1S/C13H14F3NO2/c14-13(15,16)9-3-4-10-12(19-7-18-10)11(9)8-2-1-5-17-6-8/h3-4,8,17H,1-2,5-7H2. The van der Waals surface area contributed by atoms with Crippen LogP contribution in [0.3, 0.4) is 0 Å². The number of hydrogen-bond acceptors (Lipinski definition) is 3. The maximum atomic E-state index is 13.2. The monoisotopic (exact) mass is 273 g/mol. The Kier molecular flexibility index (Phi) is 3.05. The number of fused-ring (bicyclic) bond motifs is 1. The van der Waals surface area contributed by atoms with Crippen LogP contribution in [0.5, 0.6) is 11.5 Å². The van der Waals surface area contributed by atoms with E-state index in [9.17, 15) is 13.2 Å². The minimum Gasteiger partial charge on any atom is -0.454 e. The summed E-state index contributed by atoms with van der Waals surface area (Å²) in [6, 6.07) is 2.43. The third kappa shape index (κ3) is 2.25. The highest BCUT2D eigenvalue weighted by Crippen LogP contribution is 2.47. The van der Waals surface area contributed by atoms with Crippen LogP contribution in [0, 0.1) is 0 Å². The summed E-state index contributed by atoms with van der Waals surface area (Å²) in [7, 11) is 0. The van der Waals surface area contributed by atoms with Crippen LogP contribution in [0.2, 0.25) is 0 Å². The fourth-order valence-corrected chi connectivity index (χ4v) is 2.74. The Labute approximate surface area is 108 Å². The van der Waals surface area contributed by atoms with E-state index in [1.54, 1.807) is 0 Å². The van der Waals surface area contributed by atoms with Gasteiger partial charge in [0, 0.05) is 18.0 Å². The van der Waals surface area contributed by atoms with Crippen molar-refractivity contribution in [1.29, 1.82) is 0 Å². The summed E-state index contributed by atoms with van der Waals surface area (Å²) in [4.78, 5) is 0. The average molecular weight is 273 g/mol. The van der Waals surface area contributed by atoms with Gasteiger partial charge in [-0.05, 0) is 31.5 Å². The molecule has 0 amide bonds. The van der Waals surface area contributed by atoms with Crippen molar-refractivity contribution in [3.63, 3.8) is 0 Å². The van der Waals surface area contributed by atoms with Crippen molar-refractivity contribution in [2.24, 2.45) is 0 Å². The van der Waals surface area contributed by atoms with Crippen molar-refractivity contribution in [1.82, 2.24) is 5.32 Å². The third-order valence-electron chi connectivity index (χ3n) is 3.59. The summed E-state index contributed by atoms with van der Waals surface area (Å²) in [5, 5.41) is 3.14. The molecule has 2 heterocycles. The van der Waals surface area contributed by atoms with Crippen molar-refractivity contribution in [2.45, 2.75) is 24.9 Å². The number of hydrogen-bond donors (Lipinski definition) is 1. The Morgan fingerprint density at radius 1 is 1.21 bits per heavy atom. The molecule has 3 nitrogen and oxygen atoms in total. The molecule has 1 aromatic rings. The van der Waals surface area contributed by atoms with Gasteiger partial charge in [0.05, 0.1) is 5.56 Å². The second kappa shape index (κ2) is 4.59. The summed E-state index contributed by atoms with van der Waals surface area (Å²) >= 11 is 0. The lowest BCUT2D eigenvalue weighted by Gasteiger charge is -2.26. The molecule has 104 valence electrons. The predicted molar refractivity (Wildman–Crippen MR) is 62.4 cm³/mol. The molecule has 0 spiro atoms. The molecule has 0 saturated carbocycles. The predicted octanol–water partition coefficient (Wildman–Crippen LogP) is 2.90. The van der Waals surface area contributed by atoms with Gasteiger partial charge in [-0.3, -0.25) is 0 Å². The fourth-order valence-electron chi connectivity index (χ4n) is 2.74. The Morgan fingerprint density at radius 2 is 2.05 bits per heavy atom. The van der Waals surface area contributed by atoms with Gasteiger partial charge in [-0.1, -0.05) is 0 Å². The van der Waals surface area contributed by atoms with Gasteiger partial charge in [0.2, 0.25) is 6.79 Å². The largest absolute Gasteiger partial charge is 0.454 e. The van der Waals surface area contributed by atoms with E-state index in [0.717, 1.165) is 25.5 Å². The lowest BCUT2D eigenvalue weighted by Crippen LogP contribution is -2.29. The van der Waals surface area contributed by atoms with E-state index in [0.29, 0.717) is 12.3 Å². The van der Waals surface area contributed by atoms with E-state index in [1.165, 1.54) is 6.07 Å². The SMILES string of the molecule is FC(F)(F)c1ccc2c(c1C1CCCNC1)OCO2. The van der Waals surface area contributed by atoms with E-state index in [4.69, 9.17) is 9.47 Å². The molecule has 1 N–H and O–H groups in total. The fraction of sp³-hybridized carbons (Fsp3) is 0.538. The van der Waals surface area contributed by atoms with Crippen LogP contribution in [0.4, 0.5) is 13.2 Å². The number of rotatable bonds is 1. The molecule has 0 aliphatic carbocycles. The second-order valence-corrected chi connectivity index (χ2v) is 4.80. The topological polar surface area (TPSA) is 30.5 Å². The molecule has 19 heavy (non-hydrogen) atoms. The Bertz CT molecular complexity index is 482. The minimum absolute atomic E-state index is 0.0101. The van der Waals surface area contributed by atoms with Gasteiger partial charge < -0.3 is 14.8 Å². The van der Waals surface area contributed by atoms with E-state index in [-0.39, 0.29) is 24.0 Å². The highest BCUT2D eigenvalue weighted by Gasteiger charge is 2.39. The van der Waals surface area contributed by atoms with Crippen LogP contribution in [0.25, 0.3) is 0 Å². The van der Waals surface area contributed by atoms with Crippen molar-refractivity contribution in [3.05, 3.63) is 23.3 Å². The Morgan fingerprint density at radius 3 is 2.74 bits per heavy atom. The smallest absolute Gasteiger partial charge is 0.416 e. The van der Waals surface area contributed by atoms with Crippen LogP contribution in [-0.4, -0.2) is 19.9 Å². The average Bonchev–Trinajstić information content (AvgIpc) is 2.85. The number of nitrogens with one attached hydrogen (secondary N) is 1. The highest BCUT2D eigenvalue weighted by molar-refractivity contribution is 5.54. The lowest BCUT2D eigenvalue weighted by atomic mass is 9.87. The maximum Gasteiger partial charge on any atom is 0.416 e. The molecule has 6 heteroatoms. The summed E-state index contributed by atoms with van der Waals surface area (Å²) in [5.74, 6) is 0.499. The zero-order valence-electron chi connectivity index (χ0n) is 10.2. The zero-order chi connectivity index (χ0) is 13.5. The van der Waals surface area contributed by atoms with E-state index >= 15 is 0 Å². The highest BCUT2D eigenvalue weighted by atomic mass is 19.4. The molecule has 0 aromatic heterocycles. The van der Waals surface area contributed by atoms with Crippen LogP contribution >= 0.6 is 0 Å². The summed E-state index contributed by atoms with van der Waals surface area (Å²) in [6.07, 6.45) is -2.77. The van der Waals surface area contributed by atoms with E-state index < -0.39 is 11.7 Å². The first-order valence-corrected chi connectivity index (χ1v) is 6.28. The quantitative estimate of drug-likeness (QED) is 0.853. The van der Waals surface area contributed by atoms with Crippen molar-refractivity contribution in [3.8, 4) is 11.5 Å². The summed E-state index contributed by atoms with van der Waals surface area (Å²) in [6.45, 7) is 1.39. The number of ether oxygens (including phenoxy) is 2. The molecule has 3 rings (SSSR count). The zero-order valence-corrected chi connectivity index (χ0v) is 10.2. The van der Waals surface area contributed by atoms with Crippen molar-refractivity contribution in [2.75, 3.05) is 19.9 Å². The molecule has 1 saturated heterocycles. The van der Waals surface area contributed by atoms with Crippen molar-refractivity contribution >= 4 is 0 Å². The van der Waals surface area contributed by atoms with Crippen LogP contribution in [0.15, 0.2) is 12.1 Å². The first-order chi connectivity index (χ1) is 9.07. The van der Waals surface area contributed by atoms with E-state index in [1.807, 2.05) is 0 Å². The normalized spacial score (nSPS) is 22.6. The van der Waals surface area contributed by atoms with Gasteiger partial charge in [-0.25, -0.2) is 0 Å². The van der Waals surface area contributed by atoms with Gasteiger partial charge in [0.15, 0.2) is 11.5 Å². The molecule has 1 aromatic carbocycles. The molecule has 0 bridgehead atoms. The second-order valence-electron chi connectivity index (χ2n) is 4.80. The van der Waals surface area contributed by atoms with Crippen LogP contribution in [-0.2, 0) is 6.18 Å². The molecular formula is C13H14F3NO2. The molecular weight excluding hydrogens is 259 g/mol. The Hall–Kier alpha value is -1.43. The number of halogens is 3. The van der Waals surface area contributed by atoms with Gasteiger partial charge in [-0.15, -0.1) is 0 Å². The molecule has 2 aliphatic rings. The summed E-state index contributed by atoms with van der Waals surface area (Å²) < 4.78 is 49.9. The van der Waals surface area contributed by atoms with Crippen molar-refractivity contribution < 1.29 is 22.6 Å². The molecule has 1 unspecified atom stereocenters. The minimum atomic E-state index is -4.37. The molecule has 2 aliphatic heterocycles. The van der Waals surface area contributed by atoms with Gasteiger partial charge in [0.25, 0.3) is 0 Å². The number of alkyl halides is 3. The van der Waals surface area contributed by atoms with Crippen LogP contribution in [0.1, 0.15) is 29.9 Å².